The van der Waals surface area contributed by atoms with Gasteiger partial charge in [-0.25, -0.2) is 19.6 Å². The van der Waals surface area contributed by atoms with Crippen molar-refractivity contribution >= 4 is 0 Å². The largest absolute Gasteiger partial charge is 0.390 e. The van der Waals surface area contributed by atoms with E-state index in [1.165, 1.54) is 0 Å². The maximum atomic E-state index is 10.4. The van der Waals surface area contributed by atoms with Gasteiger partial charge in [-0.3, -0.25) is 0 Å². The van der Waals surface area contributed by atoms with Crippen LogP contribution in [0.1, 0.15) is 75.7 Å². The molecule has 0 fully saturated rings. The summed E-state index contributed by atoms with van der Waals surface area (Å²) < 4.78 is 0. The minimum Gasteiger partial charge on any atom is -0.390 e. The normalized spacial score (nSPS) is 16.1. The lowest BCUT2D eigenvalue weighted by Crippen LogP contribution is -2.45. The Hall–Kier alpha value is -0.200. The van der Waals surface area contributed by atoms with Gasteiger partial charge < -0.3 is 5.11 Å². The van der Waals surface area contributed by atoms with Crippen LogP contribution in [-0.2, 0) is 19.6 Å². The molecule has 0 amide bonds. The molecule has 0 aliphatic carbocycles. The molecular formula is C16H34O5. The Morgan fingerprint density at radius 1 is 0.667 bits per heavy atom. The fourth-order valence-corrected chi connectivity index (χ4v) is 1.27. The van der Waals surface area contributed by atoms with Crippen molar-refractivity contribution in [3.8, 4) is 0 Å². The first-order chi connectivity index (χ1) is 9.04. The van der Waals surface area contributed by atoms with Crippen molar-refractivity contribution in [2.45, 2.75) is 104 Å². The highest BCUT2D eigenvalue weighted by Gasteiger charge is 2.37. The number of hydrogen-bond acceptors (Lipinski definition) is 5. The fourth-order valence-electron chi connectivity index (χ4n) is 1.27. The molecule has 5 heteroatoms. The first-order valence-corrected chi connectivity index (χ1v) is 7.46. The van der Waals surface area contributed by atoms with Gasteiger partial charge >= 0.3 is 0 Å². The molecule has 0 saturated carbocycles. The highest BCUT2D eigenvalue weighted by atomic mass is 17.2. The summed E-state index contributed by atoms with van der Waals surface area (Å²) in [7, 11) is 0. The predicted molar refractivity (Wildman–Crippen MR) is 82.6 cm³/mol. The number of aliphatic hydroxyl groups is 1. The third-order valence-electron chi connectivity index (χ3n) is 2.51. The quantitative estimate of drug-likeness (QED) is 0.573. The highest BCUT2D eigenvalue weighted by molar-refractivity contribution is 4.84. The summed E-state index contributed by atoms with van der Waals surface area (Å²) in [6.07, 6.45) is -0.415. The molecular weight excluding hydrogens is 272 g/mol. The summed E-state index contributed by atoms with van der Waals surface area (Å²) in [5, 5.41) is 10.4. The molecule has 0 bridgehead atoms. The van der Waals surface area contributed by atoms with Gasteiger partial charge in [0.05, 0.1) is 17.3 Å². The van der Waals surface area contributed by atoms with Crippen LogP contribution < -0.4 is 0 Å². The van der Waals surface area contributed by atoms with Crippen molar-refractivity contribution in [1.82, 2.24) is 0 Å². The van der Waals surface area contributed by atoms with E-state index in [4.69, 9.17) is 19.6 Å². The van der Waals surface area contributed by atoms with Gasteiger partial charge in [0.25, 0.3) is 0 Å². The number of aliphatic hydroxyl groups excluding tert-OH is 1. The van der Waals surface area contributed by atoms with Crippen molar-refractivity contribution in [1.29, 1.82) is 0 Å². The van der Waals surface area contributed by atoms with E-state index < -0.39 is 28.5 Å². The summed E-state index contributed by atoms with van der Waals surface area (Å²) in [4.78, 5) is 21.5. The number of rotatable bonds is 7. The summed E-state index contributed by atoms with van der Waals surface area (Å²) in [6, 6.07) is 0. The monoisotopic (exact) mass is 306 g/mol. The van der Waals surface area contributed by atoms with Crippen LogP contribution in [0.2, 0.25) is 0 Å². The van der Waals surface area contributed by atoms with E-state index in [1.54, 1.807) is 13.8 Å². The molecule has 0 aromatic carbocycles. The van der Waals surface area contributed by atoms with Crippen molar-refractivity contribution in [3.63, 3.8) is 0 Å². The van der Waals surface area contributed by atoms with E-state index >= 15 is 0 Å². The van der Waals surface area contributed by atoms with E-state index in [-0.39, 0.29) is 0 Å². The van der Waals surface area contributed by atoms with Gasteiger partial charge in [0, 0.05) is 6.42 Å². The zero-order valence-electron chi connectivity index (χ0n) is 15.4. The Bertz CT molecular complexity index is 310. The molecule has 128 valence electrons. The molecule has 0 heterocycles. The van der Waals surface area contributed by atoms with E-state index in [0.717, 1.165) is 0 Å². The van der Waals surface area contributed by atoms with Crippen molar-refractivity contribution in [2.24, 2.45) is 0 Å². The van der Waals surface area contributed by atoms with Gasteiger partial charge in [-0.05, 0) is 69.2 Å². The molecule has 0 saturated heterocycles. The predicted octanol–water partition coefficient (Wildman–Crippen LogP) is 3.79. The van der Waals surface area contributed by atoms with Gasteiger partial charge in [-0.2, -0.15) is 0 Å². The average molecular weight is 306 g/mol. The van der Waals surface area contributed by atoms with Gasteiger partial charge in [-0.15, -0.1) is 0 Å². The van der Waals surface area contributed by atoms with E-state index in [0.29, 0.717) is 6.42 Å². The van der Waals surface area contributed by atoms with Crippen LogP contribution in [0, 0.1) is 0 Å². The van der Waals surface area contributed by atoms with Crippen molar-refractivity contribution in [3.05, 3.63) is 0 Å². The minimum atomic E-state index is -0.852. The zero-order valence-corrected chi connectivity index (χ0v) is 15.4. The smallest absolute Gasteiger partial charge is 0.124 e. The molecule has 5 nitrogen and oxygen atoms in total. The third kappa shape index (κ3) is 10.2. The van der Waals surface area contributed by atoms with Crippen molar-refractivity contribution < 1.29 is 24.7 Å². The summed E-state index contributed by atoms with van der Waals surface area (Å²) in [6.45, 7) is 18.7. The molecule has 0 aromatic rings. The lowest BCUT2D eigenvalue weighted by atomic mass is 9.91. The standard InChI is InChI=1S/C16H34O5/c1-13(2,3)18-20-15(7,8)11-12(17)16(9,10)21-19-14(4,5)6/h12,17H,11H2,1-10H3. The van der Waals surface area contributed by atoms with Crippen LogP contribution in [0.3, 0.4) is 0 Å². The van der Waals surface area contributed by atoms with Gasteiger partial charge in [-0.1, -0.05) is 0 Å². The highest BCUT2D eigenvalue weighted by Crippen LogP contribution is 2.28. The topological polar surface area (TPSA) is 57.2 Å². The third-order valence-corrected chi connectivity index (χ3v) is 2.51. The average Bonchev–Trinajstić information content (AvgIpc) is 2.22. The van der Waals surface area contributed by atoms with Crippen LogP contribution in [0.4, 0.5) is 0 Å². The van der Waals surface area contributed by atoms with Gasteiger partial charge in [0.15, 0.2) is 0 Å². The van der Waals surface area contributed by atoms with Crippen LogP contribution in [0.15, 0.2) is 0 Å². The molecule has 21 heavy (non-hydrogen) atoms. The Morgan fingerprint density at radius 2 is 1.05 bits per heavy atom. The molecule has 0 aromatic heterocycles. The summed E-state index contributed by atoms with van der Waals surface area (Å²) in [5.41, 5.74) is -2.33. The molecule has 0 aliphatic heterocycles. The molecule has 1 unspecified atom stereocenters. The molecule has 0 radical (unpaired) electrons. The van der Waals surface area contributed by atoms with Gasteiger partial charge in [0.2, 0.25) is 0 Å². The minimum absolute atomic E-state index is 0.351. The fraction of sp³-hybridized carbons (Fsp3) is 1.00. The molecule has 0 aliphatic rings. The molecule has 0 spiro atoms. The lowest BCUT2D eigenvalue weighted by molar-refractivity contribution is -0.421. The molecule has 1 atom stereocenters. The summed E-state index contributed by atoms with van der Waals surface area (Å²) in [5.74, 6) is 0. The number of hydrogen-bond donors (Lipinski definition) is 1. The second-order valence-corrected chi connectivity index (χ2v) is 8.64. The van der Waals surface area contributed by atoms with E-state index in [2.05, 4.69) is 0 Å². The Balaban J connectivity index is 4.52. The first kappa shape index (κ1) is 20.8. The maximum Gasteiger partial charge on any atom is 0.124 e. The van der Waals surface area contributed by atoms with Crippen LogP contribution in [-0.4, -0.2) is 33.6 Å². The molecule has 1 N–H and O–H groups in total. The van der Waals surface area contributed by atoms with Crippen LogP contribution in [0.25, 0.3) is 0 Å². The van der Waals surface area contributed by atoms with Crippen LogP contribution >= 0.6 is 0 Å². The lowest BCUT2D eigenvalue weighted by Gasteiger charge is -2.36. The van der Waals surface area contributed by atoms with Crippen molar-refractivity contribution in [2.75, 3.05) is 0 Å². The second-order valence-electron chi connectivity index (χ2n) is 8.64. The zero-order chi connectivity index (χ0) is 17.1. The maximum absolute atomic E-state index is 10.4. The summed E-state index contributed by atoms with van der Waals surface area (Å²) >= 11 is 0. The van der Waals surface area contributed by atoms with E-state index in [1.807, 2.05) is 55.4 Å². The van der Waals surface area contributed by atoms with E-state index in [9.17, 15) is 5.11 Å². The first-order valence-electron chi connectivity index (χ1n) is 7.46. The second kappa shape index (κ2) is 6.92. The molecule has 0 rings (SSSR count). The Labute approximate surface area is 129 Å². The SMILES string of the molecule is CC(C)(C)OOC(C)(C)CC(O)C(C)(C)OOC(C)(C)C. The van der Waals surface area contributed by atoms with Crippen LogP contribution in [0.5, 0.6) is 0 Å². The Morgan fingerprint density at radius 3 is 1.43 bits per heavy atom. The van der Waals surface area contributed by atoms with Gasteiger partial charge in [0.1, 0.15) is 11.2 Å². The Kier molecular flexibility index (Phi) is 6.85.